The highest BCUT2D eigenvalue weighted by molar-refractivity contribution is 9.08. The van der Waals surface area contributed by atoms with Crippen LogP contribution < -0.4 is 5.32 Å². The molecule has 0 aliphatic heterocycles. The van der Waals surface area contributed by atoms with Crippen LogP contribution in [-0.4, -0.2) is 10.8 Å². The monoisotopic (exact) mass is 352 g/mol. The Bertz CT molecular complexity index is 706. The minimum atomic E-state index is -0.785. The average Bonchev–Trinajstić information content (AvgIpc) is 2.47. The fourth-order valence-corrected chi connectivity index (χ4v) is 2.13. The first-order chi connectivity index (χ1) is 10.0. The smallest absolute Gasteiger partial charge is 0.285 e. The number of nitrogens with zero attached hydrogens (tertiary/aromatic N) is 1. The second-order valence-corrected chi connectivity index (χ2v) is 4.77. The van der Waals surface area contributed by atoms with Crippen LogP contribution in [0.2, 0.25) is 0 Å². The minimum absolute atomic E-state index is 0.189. The Labute approximate surface area is 128 Å². The third-order valence-corrected chi connectivity index (χ3v) is 3.39. The predicted octanol–water partition coefficient (Wildman–Crippen LogP) is 3.88. The molecule has 0 saturated heterocycles. The molecule has 2 rings (SSSR count). The van der Waals surface area contributed by atoms with E-state index in [0.29, 0.717) is 11.0 Å². The van der Waals surface area contributed by atoms with E-state index < -0.39 is 22.3 Å². The molecule has 0 fully saturated rings. The highest BCUT2D eigenvalue weighted by Crippen LogP contribution is 2.21. The van der Waals surface area contributed by atoms with Gasteiger partial charge in [0.2, 0.25) is 0 Å². The van der Waals surface area contributed by atoms with Gasteiger partial charge in [-0.1, -0.05) is 28.1 Å². The third-order valence-electron chi connectivity index (χ3n) is 2.74. The highest BCUT2D eigenvalue weighted by Gasteiger charge is 2.21. The lowest BCUT2D eigenvalue weighted by molar-refractivity contribution is -0.385. The van der Waals surface area contributed by atoms with Gasteiger partial charge in [0, 0.05) is 11.0 Å². The van der Waals surface area contributed by atoms with E-state index >= 15 is 0 Å². The zero-order valence-electron chi connectivity index (χ0n) is 10.7. The third kappa shape index (κ3) is 3.63. The van der Waals surface area contributed by atoms with Gasteiger partial charge in [0.15, 0.2) is 0 Å². The van der Waals surface area contributed by atoms with E-state index in [9.17, 15) is 19.3 Å². The molecule has 1 N–H and O–H groups in total. The molecule has 2 aromatic rings. The van der Waals surface area contributed by atoms with Gasteiger partial charge in [-0.05, 0) is 29.8 Å². The number of carbonyl (C=O) groups excluding carboxylic acids is 1. The molecule has 21 heavy (non-hydrogen) atoms. The van der Waals surface area contributed by atoms with Crippen molar-refractivity contribution in [2.75, 3.05) is 5.32 Å². The highest BCUT2D eigenvalue weighted by atomic mass is 79.9. The molecule has 0 bridgehead atoms. The van der Waals surface area contributed by atoms with Gasteiger partial charge in [-0.25, -0.2) is 4.39 Å². The summed E-state index contributed by atoms with van der Waals surface area (Å²) in [4.78, 5) is 22.2. The molecule has 1 amide bonds. The fraction of sp³-hybridized carbons (Fsp3) is 0.0714. The standard InChI is InChI=1S/C14H10BrFN2O3/c15-8-9-2-1-3-11(6-9)17-14(19)12-5-4-10(16)7-13(12)18(20)21/h1-7H,8H2,(H,17,19). The molecule has 0 aliphatic carbocycles. The molecular weight excluding hydrogens is 343 g/mol. The molecular formula is C14H10BrFN2O3. The van der Waals surface area contributed by atoms with Crippen molar-refractivity contribution < 1.29 is 14.1 Å². The van der Waals surface area contributed by atoms with Gasteiger partial charge >= 0.3 is 0 Å². The van der Waals surface area contributed by atoms with Crippen LogP contribution in [0.25, 0.3) is 0 Å². The Hall–Kier alpha value is -2.28. The van der Waals surface area contributed by atoms with Crippen molar-refractivity contribution in [2.24, 2.45) is 0 Å². The van der Waals surface area contributed by atoms with Crippen molar-refractivity contribution in [3.05, 3.63) is 69.5 Å². The zero-order chi connectivity index (χ0) is 15.4. The molecule has 5 nitrogen and oxygen atoms in total. The van der Waals surface area contributed by atoms with Crippen LogP contribution >= 0.6 is 15.9 Å². The van der Waals surface area contributed by atoms with Gasteiger partial charge < -0.3 is 5.32 Å². The Morgan fingerprint density at radius 1 is 1.29 bits per heavy atom. The molecule has 0 aliphatic rings. The molecule has 7 heteroatoms. The summed E-state index contributed by atoms with van der Waals surface area (Å²) in [6, 6.07) is 9.86. The van der Waals surface area contributed by atoms with Crippen LogP contribution in [0, 0.1) is 15.9 Å². The number of nitrogens with one attached hydrogen (secondary N) is 1. The largest absolute Gasteiger partial charge is 0.322 e. The van der Waals surface area contributed by atoms with E-state index in [1.165, 1.54) is 0 Å². The maximum Gasteiger partial charge on any atom is 0.285 e. The Balaban J connectivity index is 2.30. The van der Waals surface area contributed by atoms with Crippen LogP contribution in [0.15, 0.2) is 42.5 Å². The maximum atomic E-state index is 13.1. The van der Waals surface area contributed by atoms with Crippen LogP contribution in [0.5, 0.6) is 0 Å². The lowest BCUT2D eigenvalue weighted by atomic mass is 10.1. The van der Waals surface area contributed by atoms with Crippen LogP contribution in [0.3, 0.4) is 0 Å². The number of halogens is 2. The van der Waals surface area contributed by atoms with Gasteiger partial charge in [-0.3, -0.25) is 14.9 Å². The fourth-order valence-electron chi connectivity index (χ4n) is 1.78. The molecule has 0 radical (unpaired) electrons. The SMILES string of the molecule is O=C(Nc1cccc(CBr)c1)c1ccc(F)cc1[N+](=O)[O-]. The van der Waals surface area contributed by atoms with E-state index in [1.807, 2.05) is 6.07 Å². The summed E-state index contributed by atoms with van der Waals surface area (Å²) >= 11 is 3.30. The van der Waals surface area contributed by atoms with E-state index in [1.54, 1.807) is 18.2 Å². The van der Waals surface area contributed by atoms with Crippen LogP contribution in [0.4, 0.5) is 15.8 Å². The Morgan fingerprint density at radius 2 is 2.05 bits per heavy atom. The number of nitro benzene ring substituents is 1. The summed E-state index contributed by atoms with van der Waals surface area (Å²) in [5.41, 5.74) is 0.701. The van der Waals surface area contributed by atoms with Gasteiger partial charge in [0.25, 0.3) is 11.6 Å². The summed E-state index contributed by atoms with van der Waals surface area (Å²) in [5.74, 6) is -1.42. The first-order valence-electron chi connectivity index (χ1n) is 5.91. The number of benzene rings is 2. The van der Waals surface area contributed by atoms with Crippen LogP contribution in [0.1, 0.15) is 15.9 Å². The second kappa shape index (κ2) is 6.45. The van der Waals surface area contributed by atoms with E-state index in [0.717, 1.165) is 23.8 Å². The summed E-state index contributed by atoms with van der Waals surface area (Å²) in [7, 11) is 0. The van der Waals surface area contributed by atoms with Crippen LogP contribution in [-0.2, 0) is 5.33 Å². The lowest BCUT2D eigenvalue weighted by Crippen LogP contribution is -2.14. The van der Waals surface area contributed by atoms with Gasteiger partial charge in [0.1, 0.15) is 11.4 Å². The maximum absolute atomic E-state index is 13.1. The second-order valence-electron chi connectivity index (χ2n) is 4.21. The number of alkyl halides is 1. The summed E-state index contributed by atoms with van der Waals surface area (Å²) < 4.78 is 13.1. The molecule has 0 saturated carbocycles. The van der Waals surface area contributed by atoms with Crippen molar-refractivity contribution in [3.8, 4) is 0 Å². The molecule has 2 aromatic carbocycles. The summed E-state index contributed by atoms with van der Waals surface area (Å²) in [6.07, 6.45) is 0. The van der Waals surface area contributed by atoms with Crippen molar-refractivity contribution in [1.82, 2.24) is 0 Å². The normalized spacial score (nSPS) is 10.2. The first-order valence-corrected chi connectivity index (χ1v) is 7.03. The predicted molar refractivity (Wildman–Crippen MR) is 80.1 cm³/mol. The topological polar surface area (TPSA) is 72.2 Å². The lowest BCUT2D eigenvalue weighted by Gasteiger charge is -2.07. The number of hydrogen-bond acceptors (Lipinski definition) is 3. The van der Waals surface area contributed by atoms with Crippen molar-refractivity contribution >= 4 is 33.2 Å². The molecule has 0 aromatic heterocycles. The number of nitro groups is 1. The quantitative estimate of drug-likeness (QED) is 0.515. The molecule has 0 spiro atoms. The van der Waals surface area contributed by atoms with Crippen molar-refractivity contribution in [2.45, 2.75) is 5.33 Å². The van der Waals surface area contributed by atoms with Crippen molar-refractivity contribution in [1.29, 1.82) is 0 Å². The Morgan fingerprint density at radius 3 is 2.71 bits per heavy atom. The molecule has 108 valence electrons. The number of amides is 1. The van der Waals surface area contributed by atoms with Gasteiger partial charge in [-0.15, -0.1) is 0 Å². The Kier molecular flexibility index (Phi) is 4.64. The number of anilines is 1. The first kappa shape index (κ1) is 15.1. The number of carbonyl (C=O) groups is 1. The minimum Gasteiger partial charge on any atom is -0.322 e. The van der Waals surface area contributed by atoms with E-state index in [2.05, 4.69) is 21.2 Å². The van der Waals surface area contributed by atoms with Crippen molar-refractivity contribution in [3.63, 3.8) is 0 Å². The average molecular weight is 353 g/mol. The summed E-state index contributed by atoms with van der Waals surface area (Å²) in [5, 5.41) is 14.1. The van der Waals surface area contributed by atoms with Gasteiger partial charge in [0.05, 0.1) is 11.0 Å². The van der Waals surface area contributed by atoms with E-state index in [4.69, 9.17) is 0 Å². The number of hydrogen-bond donors (Lipinski definition) is 1. The molecule has 0 heterocycles. The number of rotatable bonds is 4. The van der Waals surface area contributed by atoms with Gasteiger partial charge in [-0.2, -0.15) is 0 Å². The molecule has 0 unspecified atom stereocenters. The zero-order valence-corrected chi connectivity index (χ0v) is 12.3. The summed E-state index contributed by atoms with van der Waals surface area (Å²) in [6.45, 7) is 0. The molecule has 0 atom stereocenters. The van der Waals surface area contributed by atoms with E-state index in [-0.39, 0.29) is 5.56 Å².